The van der Waals surface area contributed by atoms with Gasteiger partial charge in [-0.2, -0.15) is 0 Å². The molecule has 1 aromatic heterocycles. The molecule has 0 saturated carbocycles. The van der Waals surface area contributed by atoms with Crippen molar-refractivity contribution in [2.75, 3.05) is 12.8 Å². The summed E-state index contributed by atoms with van der Waals surface area (Å²) < 4.78 is 25.3. The standard InChI is InChI=1S/C14H11Cl2N3O4S/c1-24(22,23)19-11-7-9(16)8(15)6-10(11)17-12(19)4-5-18-13(20)2-3-14(18)21/h2-3,6-7H,4-5H2,1H3. The number of fused-ring (bicyclic) bond motifs is 1. The number of nitrogens with zero attached hydrogens (tertiary/aromatic N) is 3. The number of imide groups is 1. The van der Waals surface area contributed by atoms with Crippen molar-refractivity contribution in [2.24, 2.45) is 0 Å². The van der Waals surface area contributed by atoms with E-state index in [0.717, 1.165) is 15.1 Å². The summed E-state index contributed by atoms with van der Waals surface area (Å²) in [5, 5.41) is 0.456. The predicted molar refractivity (Wildman–Crippen MR) is 89.6 cm³/mol. The minimum absolute atomic E-state index is 0.0188. The van der Waals surface area contributed by atoms with Crippen molar-refractivity contribution >= 4 is 56.1 Å². The van der Waals surface area contributed by atoms with Crippen molar-refractivity contribution in [1.29, 1.82) is 0 Å². The lowest BCUT2D eigenvalue weighted by atomic mass is 10.3. The van der Waals surface area contributed by atoms with Crippen LogP contribution in [0.15, 0.2) is 24.3 Å². The Morgan fingerprint density at radius 2 is 1.67 bits per heavy atom. The SMILES string of the molecule is CS(=O)(=O)n1c(CCN2C(=O)C=CC2=O)nc2cc(Cl)c(Cl)cc21. The van der Waals surface area contributed by atoms with Gasteiger partial charge in [0.15, 0.2) is 0 Å². The number of aromatic nitrogens is 2. The maximum absolute atomic E-state index is 12.1. The van der Waals surface area contributed by atoms with Crippen LogP contribution < -0.4 is 0 Å². The number of rotatable bonds is 4. The summed E-state index contributed by atoms with van der Waals surface area (Å²) in [7, 11) is -3.67. The summed E-state index contributed by atoms with van der Waals surface area (Å²) in [5.41, 5.74) is 0.654. The maximum atomic E-state index is 12.1. The third kappa shape index (κ3) is 2.92. The smallest absolute Gasteiger partial charge is 0.253 e. The molecule has 3 rings (SSSR count). The highest BCUT2D eigenvalue weighted by atomic mass is 35.5. The maximum Gasteiger partial charge on any atom is 0.253 e. The van der Waals surface area contributed by atoms with Crippen LogP contribution in [0.2, 0.25) is 10.0 Å². The van der Waals surface area contributed by atoms with Gasteiger partial charge in [-0.3, -0.25) is 14.5 Å². The predicted octanol–water partition coefficient (Wildman–Crippen LogP) is 1.62. The van der Waals surface area contributed by atoms with E-state index in [4.69, 9.17) is 23.2 Å². The normalized spacial score (nSPS) is 15.0. The van der Waals surface area contributed by atoms with E-state index >= 15 is 0 Å². The van der Waals surface area contributed by atoms with Crippen molar-refractivity contribution in [3.05, 3.63) is 40.2 Å². The minimum atomic E-state index is -3.67. The summed E-state index contributed by atoms with van der Waals surface area (Å²) in [6, 6.07) is 2.89. The van der Waals surface area contributed by atoms with Gasteiger partial charge in [0, 0.05) is 25.1 Å². The van der Waals surface area contributed by atoms with Gasteiger partial charge >= 0.3 is 0 Å². The number of amides is 2. The summed E-state index contributed by atoms with van der Waals surface area (Å²) in [4.78, 5) is 28.5. The largest absolute Gasteiger partial charge is 0.275 e. The van der Waals surface area contributed by atoms with Gasteiger partial charge in [-0.25, -0.2) is 17.4 Å². The van der Waals surface area contributed by atoms with Crippen LogP contribution in [-0.4, -0.2) is 46.9 Å². The van der Waals surface area contributed by atoms with Crippen LogP contribution in [0.1, 0.15) is 5.82 Å². The molecule has 0 spiro atoms. The van der Waals surface area contributed by atoms with E-state index in [0.29, 0.717) is 11.0 Å². The molecule has 1 aliphatic rings. The van der Waals surface area contributed by atoms with E-state index in [1.54, 1.807) is 0 Å². The lowest BCUT2D eigenvalue weighted by Crippen LogP contribution is -2.32. The molecule has 126 valence electrons. The molecule has 0 bridgehead atoms. The van der Waals surface area contributed by atoms with Crippen LogP contribution in [0.5, 0.6) is 0 Å². The Kier molecular flexibility index (Phi) is 4.15. The van der Waals surface area contributed by atoms with Crippen LogP contribution in [0.3, 0.4) is 0 Å². The third-order valence-corrected chi connectivity index (χ3v) is 5.30. The van der Waals surface area contributed by atoms with Crippen molar-refractivity contribution < 1.29 is 18.0 Å². The molecule has 2 amide bonds. The molecule has 0 radical (unpaired) electrons. The Morgan fingerprint density at radius 3 is 2.25 bits per heavy atom. The monoisotopic (exact) mass is 387 g/mol. The molecule has 0 saturated heterocycles. The highest BCUT2D eigenvalue weighted by Gasteiger charge is 2.25. The third-order valence-electron chi connectivity index (χ3n) is 3.51. The van der Waals surface area contributed by atoms with Gasteiger partial charge in [0.2, 0.25) is 10.0 Å². The molecule has 1 aromatic carbocycles. The molecular weight excluding hydrogens is 377 g/mol. The van der Waals surface area contributed by atoms with Gasteiger partial charge in [-0.15, -0.1) is 0 Å². The van der Waals surface area contributed by atoms with Gasteiger partial charge in [0.25, 0.3) is 11.8 Å². The fourth-order valence-corrected chi connectivity index (χ4v) is 3.83. The molecule has 2 aromatic rings. The van der Waals surface area contributed by atoms with Crippen LogP contribution >= 0.6 is 23.2 Å². The van der Waals surface area contributed by atoms with E-state index in [2.05, 4.69) is 4.98 Å². The Hall–Kier alpha value is -1.90. The first-order valence-electron chi connectivity index (χ1n) is 6.79. The molecule has 0 N–H and O–H groups in total. The second kappa shape index (κ2) is 5.87. The van der Waals surface area contributed by atoms with E-state index in [-0.39, 0.29) is 28.8 Å². The molecule has 10 heteroatoms. The van der Waals surface area contributed by atoms with Crippen LogP contribution in [-0.2, 0) is 26.0 Å². The number of hydrogen-bond acceptors (Lipinski definition) is 5. The number of imidazole rings is 1. The zero-order valence-corrected chi connectivity index (χ0v) is 14.7. The van der Waals surface area contributed by atoms with Gasteiger partial charge in [0.1, 0.15) is 5.82 Å². The minimum Gasteiger partial charge on any atom is -0.275 e. The Bertz CT molecular complexity index is 993. The number of carbonyl (C=O) groups excluding carboxylic acids is 2. The first kappa shape index (κ1) is 16.9. The Labute approximate surface area is 147 Å². The second-order valence-corrected chi connectivity index (χ2v) is 7.87. The first-order chi connectivity index (χ1) is 11.2. The highest BCUT2D eigenvalue weighted by Crippen LogP contribution is 2.29. The summed E-state index contributed by atoms with van der Waals surface area (Å²) in [6.45, 7) is 0.0188. The van der Waals surface area contributed by atoms with Crippen molar-refractivity contribution in [3.63, 3.8) is 0 Å². The lowest BCUT2D eigenvalue weighted by molar-refractivity contribution is -0.136. The van der Waals surface area contributed by atoms with Gasteiger partial charge in [-0.05, 0) is 12.1 Å². The van der Waals surface area contributed by atoms with E-state index < -0.39 is 21.8 Å². The number of hydrogen-bond donors (Lipinski definition) is 0. The average Bonchev–Trinajstić information content (AvgIpc) is 2.97. The molecule has 0 aliphatic carbocycles. The first-order valence-corrected chi connectivity index (χ1v) is 9.39. The van der Waals surface area contributed by atoms with Gasteiger partial charge in [0.05, 0.1) is 27.3 Å². The number of halogens is 2. The van der Waals surface area contributed by atoms with Crippen LogP contribution in [0, 0.1) is 0 Å². The number of carbonyl (C=O) groups is 2. The molecule has 0 fully saturated rings. The molecule has 2 heterocycles. The van der Waals surface area contributed by atoms with Crippen molar-refractivity contribution in [1.82, 2.24) is 13.9 Å². The average molecular weight is 388 g/mol. The Balaban J connectivity index is 2.04. The van der Waals surface area contributed by atoms with Crippen LogP contribution in [0.4, 0.5) is 0 Å². The summed E-state index contributed by atoms with van der Waals surface area (Å²) in [5.74, 6) is -0.681. The molecule has 1 aliphatic heterocycles. The quantitative estimate of drug-likeness (QED) is 0.743. The van der Waals surface area contributed by atoms with Crippen molar-refractivity contribution in [2.45, 2.75) is 6.42 Å². The molecule has 0 atom stereocenters. The zero-order chi connectivity index (χ0) is 17.6. The molecular formula is C14H11Cl2N3O4S. The second-order valence-electron chi connectivity index (χ2n) is 5.22. The zero-order valence-electron chi connectivity index (χ0n) is 12.4. The fraction of sp³-hybridized carbons (Fsp3) is 0.214. The van der Waals surface area contributed by atoms with Gasteiger partial charge < -0.3 is 0 Å². The Morgan fingerprint density at radius 1 is 1.08 bits per heavy atom. The van der Waals surface area contributed by atoms with Gasteiger partial charge in [-0.1, -0.05) is 23.2 Å². The molecule has 7 nitrogen and oxygen atoms in total. The molecule has 0 unspecified atom stereocenters. The summed E-state index contributed by atoms with van der Waals surface area (Å²) >= 11 is 11.9. The molecule has 24 heavy (non-hydrogen) atoms. The highest BCUT2D eigenvalue weighted by molar-refractivity contribution is 7.89. The fourth-order valence-electron chi connectivity index (χ4n) is 2.49. The lowest BCUT2D eigenvalue weighted by Gasteiger charge is -2.13. The van der Waals surface area contributed by atoms with E-state index in [9.17, 15) is 18.0 Å². The van der Waals surface area contributed by atoms with Crippen molar-refractivity contribution in [3.8, 4) is 0 Å². The van der Waals surface area contributed by atoms with E-state index in [1.165, 1.54) is 24.3 Å². The van der Waals surface area contributed by atoms with E-state index in [1.807, 2.05) is 0 Å². The number of benzene rings is 1. The summed E-state index contributed by atoms with van der Waals surface area (Å²) in [6.07, 6.45) is 3.45. The van der Waals surface area contributed by atoms with Crippen LogP contribution in [0.25, 0.3) is 11.0 Å². The topological polar surface area (TPSA) is 89.3 Å².